The molecule has 0 bridgehead atoms. The Hall–Kier alpha value is -1.72. The van der Waals surface area contributed by atoms with Crippen molar-refractivity contribution in [3.05, 3.63) is 41.4 Å². The number of benzene rings is 1. The van der Waals surface area contributed by atoms with E-state index in [2.05, 4.69) is 39.9 Å². The second kappa shape index (κ2) is 7.67. The molecule has 1 amide bonds. The Labute approximate surface area is 153 Å². The highest BCUT2D eigenvalue weighted by Crippen LogP contribution is 2.27. The van der Waals surface area contributed by atoms with Crippen LogP contribution in [0.2, 0.25) is 0 Å². The molecule has 1 aromatic heterocycles. The van der Waals surface area contributed by atoms with Crippen molar-refractivity contribution in [3.8, 4) is 10.6 Å². The molecule has 4 rings (SSSR count). The van der Waals surface area contributed by atoms with E-state index in [4.69, 9.17) is 4.98 Å². The quantitative estimate of drug-likeness (QED) is 0.890. The Morgan fingerprint density at radius 3 is 2.80 bits per heavy atom. The number of amides is 1. The topological polar surface area (TPSA) is 45.2 Å². The summed E-state index contributed by atoms with van der Waals surface area (Å²) in [6, 6.07) is 10.6. The van der Waals surface area contributed by atoms with Crippen molar-refractivity contribution in [2.45, 2.75) is 44.7 Å². The summed E-state index contributed by atoms with van der Waals surface area (Å²) in [5.41, 5.74) is 2.32. The standard InChI is InChI=1S/C20H25N3OS/c24-19(15-8-4-9-15)21-17-10-5-11-23(12-17)13-18-14-25-20(22-18)16-6-2-1-3-7-16/h1-3,6-7,14-15,17H,4-5,8-13H2,(H,21,24). The van der Waals surface area contributed by atoms with Crippen LogP contribution in [-0.2, 0) is 11.3 Å². The largest absolute Gasteiger partial charge is 0.352 e. The minimum Gasteiger partial charge on any atom is -0.352 e. The maximum Gasteiger partial charge on any atom is 0.223 e. The van der Waals surface area contributed by atoms with Crippen LogP contribution in [0.3, 0.4) is 0 Å². The van der Waals surface area contributed by atoms with E-state index in [1.807, 2.05) is 6.07 Å². The molecule has 2 aromatic rings. The van der Waals surface area contributed by atoms with E-state index < -0.39 is 0 Å². The highest BCUT2D eigenvalue weighted by atomic mass is 32.1. The van der Waals surface area contributed by atoms with Gasteiger partial charge in [-0.1, -0.05) is 36.8 Å². The molecule has 1 saturated carbocycles. The molecule has 1 N–H and O–H groups in total. The molecule has 1 aliphatic heterocycles. The molecule has 1 saturated heterocycles. The fourth-order valence-corrected chi connectivity index (χ4v) is 4.45. The number of carbonyl (C=O) groups excluding carboxylic acids is 1. The molecule has 132 valence electrons. The van der Waals surface area contributed by atoms with E-state index >= 15 is 0 Å². The van der Waals surface area contributed by atoms with Gasteiger partial charge in [0.1, 0.15) is 5.01 Å². The van der Waals surface area contributed by atoms with E-state index in [9.17, 15) is 4.79 Å². The van der Waals surface area contributed by atoms with Gasteiger partial charge in [0.25, 0.3) is 0 Å². The van der Waals surface area contributed by atoms with Crippen LogP contribution in [0.25, 0.3) is 10.6 Å². The Morgan fingerprint density at radius 1 is 1.20 bits per heavy atom. The number of thiazole rings is 1. The first kappa shape index (κ1) is 16.7. The van der Waals surface area contributed by atoms with Crippen LogP contribution in [0.15, 0.2) is 35.7 Å². The predicted molar refractivity (Wildman–Crippen MR) is 101 cm³/mol. The van der Waals surface area contributed by atoms with Gasteiger partial charge in [-0.15, -0.1) is 11.3 Å². The van der Waals surface area contributed by atoms with E-state index in [0.717, 1.165) is 56.0 Å². The minimum atomic E-state index is 0.276. The number of nitrogens with one attached hydrogen (secondary N) is 1. The Bertz CT molecular complexity index is 711. The average molecular weight is 356 g/mol. The van der Waals surface area contributed by atoms with Gasteiger partial charge in [-0.3, -0.25) is 9.69 Å². The number of aromatic nitrogens is 1. The summed E-state index contributed by atoms with van der Waals surface area (Å²) < 4.78 is 0. The van der Waals surface area contributed by atoms with Gasteiger partial charge in [0.15, 0.2) is 0 Å². The third-order valence-electron chi connectivity index (χ3n) is 5.29. The molecule has 0 radical (unpaired) electrons. The molecule has 2 heterocycles. The number of carbonyl (C=O) groups is 1. The fourth-order valence-electron chi connectivity index (χ4n) is 3.63. The highest BCUT2D eigenvalue weighted by molar-refractivity contribution is 7.13. The zero-order chi connectivity index (χ0) is 17.1. The maximum atomic E-state index is 12.2. The Kier molecular flexibility index (Phi) is 5.13. The van der Waals surface area contributed by atoms with Gasteiger partial charge >= 0.3 is 0 Å². The number of rotatable bonds is 5. The highest BCUT2D eigenvalue weighted by Gasteiger charge is 2.28. The molecule has 4 nitrogen and oxygen atoms in total. The lowest BCUT2D eigenvalue weighted by Crippen LogP contribution is -2.49. The molecule has 1 unspecified atom stereocenters. The zero-order valence-corrected chi connectivity index (χ0v) is 15.3. The lowest BCUT2D eigenvalue weighted by molar-refractivity contribution is -0.128. The number of piperidine rings is 1. The summed E-state index contributed by atoms with van der Waals surface area (Å²) in [6.07, 6.45) is 5.60. The van der Waals surface area contributed by atoms with Gasteiger partial charge in [0, 0.05) is 36.0 Å². The third kappa shape index (κ3) is 4.10. The summed E-state index contributed by atoms with van der Waals surface area (Å²) in [4.78, 5) is 19.4. The summed E-state index contributed by atoms with van der Waals surface area (Å²) in [5, 5.41) is 6.52. The number of hydrogen-bond acceptors (Lipinski definition) is 4. The molecule has 1 aliphatic carbocycles. The van der Waals surface area contributed by atoms with Gasteiger partial charge in [-0.05, 0) is 32.2 Å². The minimum absolute atomic E-state index is 0.276. The smallest absolute Gasteiger partial charge is 0.223 e. The van der Waals surface area contributed by atoms with E-state index in [-0.39, 0.29) is 11.8 Å². The SMILES string of the molecule is O=C(NC1CCCN(Cc2csc(-c3ccccc3)n2)C1)C1CCC1. The molecule has 5 heteroatoms. The van der Waals surface area contributed by atoms with E-state index in [1.165, 1.54) is 12.0 Å². The van der Waals surface area contributed by atoms with E-state index in [1.54, 1.807) is 11.3 Å². The fraction of sp³-hybridized carbons (Fsp3) is 0.500. The maximum absolute atomic E-state index is 12.2. The first-order valence-electron chi connectivity index (χ1n) is 9.30. The summed E-state index contributed by atoms with van der Waals surface area (Å²) in [6.45, 7) is 2.91. The average Bonchev–Trinajstić information content (AvgIpc) is 3.03. The molecule has 1 atom stereocenters. The molecule has 1 aromatic carbocycles. The summed E-state index contributed by atoms with van der Waals surface area (Å²) in [7, 11) is 0. The van der Waals surface area contributed by atoms with Crippen molar-refractivity contribution in [1.82, 2.24) is 15.2 Å². The van der Waals surface area contributed by atoms with Crippen molar-refractivity contribution >= 4 is 17.2 Å². The second-order valence-corrected chi connectivity index (χ2v) is 8.08. The Morgan fingerprint density at radius 2 is 2.04 bits per heavy atom. The lowest BCUT2D eigenvalue weighted by Gasteiger charge is -2.34. The van der Waals surface area contributed by atoms with Gasteiger partial charge in [-0.25, -0.2) is 4.98 Å². The van der Waals surface area contributed by atoms with Crippen LogP contribution in [-0.4, -0.2) is 34.9 Å². The van der Waals surface area contributed by atoms with E-state index in [0.29, 0.717) is 6.04 Å². The molecule has 2 fully saturated rings. The third-order valence-corrected chi connectivity index (χ3v) is 6.23. The van der Waals surface area contributed by atoms with Crippen LogP contribution in [0, 0.1) is 5.92 Å². The van der Waals surface area contributed by atoms with Crippen LogP contribution < -0.4 is 5.32 Å². The van der Waals surface area contributed by atoms with Crippen molar-refractivity contribution in [2.75, 3.05) is 13.1 Å². The summed E-state index contributed by atoms with van der Waals surface area (Å²) >= 11 is 1.71. The van der Waals surface area contributed by atoms with Gasteiger partial charge < -0.3 is 5.32 Å². The summed E-state index contributed by atoms with van der Waals surface area (Å²) in [5.74, 6) is 0.556. The molecule has 25 heavy (non-hydrogen) atoms. The van der Waals surface area contributed by atoms with Crippen molar-refractivity contribution in [2.24, 2.45) is 5.92 Å². The van der Waals surface area contributed by atoms with Gasteiger partial charge in [0.05, 0.1) is 5.69 Å². The van der Waals surface area contributed by atoms with Crippen LogP contribution in [0.1, 0.15) is 37.8 Å². The first-order chi connectivity index (χ1) is 12.3. The molecular formula is C20H25N3OS. The van der Waals surface area contributed by atoms with Crippen molar-refractivity contribution in [1.29, 1.82) is 0 Å². The molecule has 0 spiro atoms. The monoisotopic (exact) mass is 355 g/mol. The zero-order valence-electron chi connectivity index (χ0n) is 14.5. The first-order valence-corrected chi connectivity index (χ1v) is 10.2. The predicted octanol–water partition coefficient (Wildman–Crippen LogP) is 3.69. The normalized spacial score (nSPS) is 21.7. The Balaban J connectivity index is 1.33. The van der Waals surface area contributed by atoms with Gasteiger partial charge in [0.2, 0.25) is 5.91 Å². The molecular weight excluding hydrogens is 330 g/mol. The van der Waals surface area contributed by atoms with Crippen LogP contribution in [0.4, 0.5) is 0 Å². The number of hydrogen-bond donors (Lipinski definition) is 1. The number of likely N-dealkylation sites (tertiary alicyclic amines) is 1. The van der Waals surface area contributed by atoms with Gasteiger partial charge in [-0.2, -0.15) is 0 Å². The molecule has 2 aliphatic rings. The second-order valence-electron chi connectivity index (χ2n) is 7.22. The van der Waals surface area contributed by atoms with Crippen LogP contribution in [0.5, 0.6) is 0 Å². The lowest BCUT2D eigenvalue weighted by atomic mass is 9.84. The van der Waals surface area contributed by atoms with Crippen molar-refractivity contribution in [3.63, 3.8) is 0 Å². The number of nitrogens with zero attached hydrogens (tertiary/aromatic N) is 2. The van der Waals surface area contributed by atoms with Crippen LogP contribution >= 0.6 is 11.3 Å². The van der Waals surface area contributed by atoms with Crippen molar-refractivity contribution < 1.29 is 4.79 Å².